The molecule has 2 amide bonds. The van der Waals surface area contributed by atoms with Gasteiger partial charge in [0.25, 0.3) is 0 Å². The van der Waals surface area contributed by atoms with E-state index in [9.17, 15) is 9.59 Å². The molecule has 0 unspecified atom stereocenters. The van der Waals surface area contributed by atoms with Crippen molar-refractivity contribution in [2.24, 2.45) is 0 Å². The zero-order valence-electron chi connectivity index (χ0n) is 14.1. The van der Waals surface area contributed by atoms with Crippen LogP contribution in [0, 0.1) is 0 Å². The van der Waals surface area contributed by atoms with Crippen LogP contribution in [0.1, 0.15) is 37.4 Å². The van der Waals surface area contributed by atoms with Crippen molar-refractivity contribution in [1.82, 2.24) is 5.32 Å². The Morgan fingerprint density at radius 3 is 2.56 bits per heavy atom. The summed E-state index contributed by atoms with van der Waals surface area (Å²) in [7, 11) is 0. The Bertz CT molecular complexity index is 778. The van der Waals surface area contributed by atoms with E-state index in [0.717, 1.165) is 11.1 Å². The van der Waals surface area contributed by atoms with Gasteiger partial charge in [0.05, 0.1) is 16.1 Å². The number of rotatable bonds is 6. The van der Waals surface area contributed by atoms with Crippen molar-refractivity contribution in [2.45, 2.75) is 32.7 Å². The van der Waals surface area contributed by atoms with E-state index < -0.39 is 0 Å². The number of aryl methyl sites for hydroxylation is 1. The Balaban J connectivity index is 1.93. The van der Waals surface area contributed by atoms with Crippen LogP contribution in [-0.4, -0.2) is 11.8 Å². The Morgan fingerprint density at radius 1 is 1.12 bits per heavy atom. The fourth-order valence-electron chi connectivity index (χ4n) is 2.48. The monoisotopic (exact) mass is 378 g/mol. The largest absolute Gasteiger partial charge is 0.350 e. The summed E-state index contributed by atoms with van der Waals surface area (Å²) in [6, 6.07) is 12.6. The lowest BCUT2D eigenvalue weighted by molar-refractivity contribution is -0.121. The maximum atomic E-state index is 12.2. The van der Waals surface area contributed by atoms with Gasteiger partial charge in [0, 0.05) is 19.0 Å². The molecule has 0 aliphatic carbocycles. The summed E-state index contributed by atoms with van der Waals surface area (Å²) < 4.78 is 0. The maximum Gasteiger partial charge on any atom is 0.221 e. The summed E-state index contributed by atoms with van der Waals surface area (Å²) in [4.78, 5) is 23.3. The summed E-state index contributed by atoms with van der Waals surface area (Å²) in [6.07, 6.45) is 0.833. The second kappa shape index (κ2) is 8.88. The highest BCUT2D eigenvalue weighted by atomic mass is 35.5. The van der Waals surface area contributed by atoms with E-state index in [-0.39, 0.29) is 17.9 Å². The first kappa shape index (κ1) is 19.3. The van der Waals surface area contributed by atoms with Crippen LogP contribution in [0.2, 0.25) is 10.0 Å². The molecule has 0 aromatic heterocycles. The van der Waals surface area contributed by atoms with Crippen molar-refractivity contribution >= 4 is 40.7 Å². The molecule has 6 heteroatoms. The summed E-state index contributed by atoms with van der Waals surface area (Å²) in [6.45, 7) is 3.36. The number of hydrogen-bond acceptors (Lipinski definition) is 2. The van der Waals surface area contributed by atoms with Crippen molar-refractivity contribution in [3.05, 3.63) is 63.6 Å². The first-order valence-electron chi connectivity index (χ1n) is 7.96. The highest BCUT2D eigenvalue weighted by Crippen LogP contribution is 2.26. The fourth-order valence-corrected chi connectivity index (χ4v) is 2.89. The van der Waals surface area contributed by atoms with Gasteiger partial charge in [-0.15, -0.1) is 0 Å². The van der Waals surface area contributed by atoms with Crippen LogP contribution in [0.5, 0.6) is 0 Å². The molecule has 25 heavy (non-hydrogen) atoms. The highest BCUT2D eigenvalue weighted by Gasteiger charge is 2.12. The van der Waals surface area contributed by atoms with Crippen LogP contribution in [0.15, 0.2) is 42.5 Å². The number of carbonyl (C=O) groups is 2. The zero-order valence-corrected chi connectivity index (χ0v) is 15.6. The smallest absolute Gasteiger partial charge is 0.221 e. The summed E-state index contributed by atoms with van der Waals surface area (Å²) in [5, 5.41) is 6.67. The molecule has 4 nitrogen and oxygen atoms in total. The molecule has 132 valence electrons. The van der Waals surface area contributed by atoms with Crippen LogP contribution in [0.3, 0.4) is 0 Å². The predicted molar refractivity (Wildman–Crippen MR) is 102 cm³/mol. The molecule has 2 aromatic carbocycles. The molecule has 2 N–H and O–H groups in total. The van der Waals surface area contributed by atoms with Crippen molar-refractivity contribution in [3.63, 3.8) is 0 Å². The topological polar surface area (TPSA) is 58.2 Å². The average Bonchev–Trinajstić information content (AvgIpc) is 2.56. The van der Waals surface area contributed by atoms with Gasteiger partial charge in [-0.3, -0.25) is 9.59 Å². The van der Waals surface area contributed by atoms with Gasteiger partial charge in [-0.2, -0.15) is 0 Å². The lowest BCUT2D eigenvalue weighted by atomic mass is 10.1. The van der Waals surface area contributed by atoms with E-state index >= 15 is 0 Å². The molecule has 1 atom stereocenters. The third-order valence-corrected chi connectivity index (χ3v) is 4.60. The van der Waals surface area contributed by atoms with E-state index in [0.29, 0.717) is 28.6 Å². The van der Waals surface area contributed by atoms with Crippen molar-refractivity contribution in [3.8, 4) is 0 Å². The molecule has 0 aliphatic heterocycles. The minimum absolute atomic E-state index is 0.0755. The lowest BCUT2D eigenvalue weighted by Crippen LogP contribution is -2.26. The SMILES string of the molecule is CC(=O)Nc1cccc([C@@H](C)NC(=O)CCc2cccc(Cl)c2Cl)c1. The summed E-state index contributed by atoms with van der Waals surface area (Å²) >= 11 is 12.1. The van der Waals surface area contributed by atoms with Gasteiger partial charge in [0.15, 0.2) is 0 Å². The molecule has 0 spiro atoms. The van der Waals surface area contributed by atoms with E-state index in [1.165, 1.54) is 6.92 Å². The molecule has 0 aliphatic rings. The standard InChI is InChI=1S/C19H20Cl2N2O2/c1-12(15-6-3-7-16(11-15)23-13(2)24)22-18(25)10-9-14-5-4-8-17(20)19(14)21/h3-8,11-12H,9-10H2,1-2H3,(H,22,25)(H,23,24)/t12-/m1/s1. The van der Waals surface area contributed by atoms with E-state index in [2.05, 4.69) is 10.6 Å². The quantitative estimate of drug-likeness (QED) is 0.760. The third-order valence-electron chi connectivity index (χ3n) is 3.74. The normalized spacial score (nSPS) is 11.7. The maximum absolute atomic E-state index is 12.2. The molecule has 0 saturated carbocycles. The van der Waals surface area contributed by atoms with Gasteiger partial charge < -0.3 is 10.6 Å². The number of halogens is 2. The zero-order chi connectivity index (χ0) is 18.4. The number of hydrogen-bond donors (Lipinski definition) is 2. The first-order chi connectivity index (χ1) is 11.9. The molecule has 2 aromatic rings. The van der Waals surface area contributed by atoms with Gasteiger partial charge >= 0.3 is 0 Å². The number of anilines is 1. The van der Waals surface area contributed by atoms with Crippen molar-refractivity contribution in [2.75, 3.05) is 5.32 Å². The molecule has 0 saturated heterocycles. The van der Waals surface area contributed by atoms with Crippen molar-refractivity contribution < 1.29 is 9.59 Å². The number of nitrogens with one attached hydrogen (secondary N) is 2. The Labute approximate surface area is 157 Å². The van der Waals surface area contributed by atoms with Crippen LogP contribution in [-0.2, 0) is 16.0 Å². The van der Waals surface area contributed by atoms with Crippen LogP contribution >= 0.6 is 23.2 Å². The highest BCUT2D eigenvalue weighted by molar-refractivity contribution is 6.42. The molecule has 2 rings (SSSR count). The number of benzene rings is 2. The predicted octanol–water partition coefficient (Wildman–Crippen LogP) is 4.76. The summed E-state index contributed by atoms with van der Waals surface area (Å²) in [5.41, 5.74) is 2.47. The second-order valence-electron chi connectivity index (χ2n) is 5.81. The van der Waals surface area contributed by atoms with E-state index in [1.54, 1.807) is 12.1 Å². The van der Waals surface area contributed by atoms with E-state index in [4.69, 9.17) is 23.2 Å². The molecule has 0 bridgehead atoms. The average molecular weight is 379 g/mol. The molecule has 0 heterocycles. The molecule has 0 fully saturated rings. The van der Waals surface area contributed by atoms with Gasteiger partial charge in [-0.05, 0) is 42.7 Å². The van der Waals surface area contributed by atoms with Gasteiger partial charge in [0.2, 0.25) is 11.8 Å². The van der Waals surface area contributed by atoms with E-state index in [1.807, 2.05) is 37.3 Å². The second-order valence-corrected chi connectivity index (χ2v) is 6.59. The third kappa shape index (κ3) is 5.76. The fraction of sp³-hybridized carbons (Fsp3) is 0.263. The molecule has 0 radical (unpaired) electrons. The van der Waals surface area contributed by atoms with Crippen LogP contribution in [0.25, 0.3) is 0 Å². The summed E-state index contributed by atoms with van der Waals surface area (Å²) in [5.74, 6) is -0.208. The number of amides is 2. The Morgan fingerprint density at radius 2 is 1.84 bits per heavy atom. The Kier molecular flexibility index (Phi) is 6.85. The minimum Gasteiger partial charge on any atom is -0.350 e. The first-order valence-corrected chi connectivity index (χ1v) is 8.72. The minimum atomic E-state index is -0.170. The van der Waals surface area contributed by atoms with Gasteiger partial charge in [-0.1, -0.05) is 47.5 Å². The number of carbonyl (C=O) groups excluding carboxylic acids is 2. The van der Waals surface area contributed by atoms with Gasteiger partial charge in [0.1, 0.15) is 0 Å². The molecular weight excluding hydrogens is 359 g/mol. The molecular formula is C19H20Cl2N2O2. The van der Waals surface area contributed by atoms with Crippen LogP contribution < -0.4 is 10.6 Å². The Hall–Kier alpha value is -2.04. The van der Waals surface area contributed by atoms with Crippen molar-refractivity contribution in [1.29, 1.82) is 0 Å². The van der Waals surface area contributed by atoms with Crippen LogP contribution in [0.4, 0.5) is 5.69 Å². The lowest BCUT2D eigenvalue weighted by Gasteiger charge is -2.16. The van der Waals surface area contributed by atoms with Gasteiger partial charge in [-0.25, -0.2) is 0 Å².